The fourth-order valence-corrected chi connectivity index (χ4v) is 3.31. The molecule has 30 heavy (non-hydrogen) atoms. The number of benzene rings is 2. The Labute approximate surface area is 184 Å². The molecular weight excluding hydrogens is 425 g/mol. The summed E-state index contributed by atoms with van der Waals surface area (Å²) in [5.74, 6) is -0.881. The van der Waals surface area contributed by atoms with Gasteiger partial charge in [0, 0.05) is 16.8 Å². The van der Waals surface area contributed by atoms with Crippen LogP contribution in [0.4, 0.5) is 11.4 Å². The summed E-state index contributed by atoms with van der Waals surface area (Å²) < 4.78 is 1.40. The molecule has 7 nitrogen and oxygen atoms in total. The zero-order valence-electron chi connectivity index (χ0n) is 16.7. The zero-order chi connectivity index (χ0) is 22.1. The summed E-state index contributed by atoms with van der Waals surface area (Å²) in [4.78, 5) is 24.2. The molecule has 0 bridgehead atoms. The molecule has 0 aliphatic rings. The van der Waals surface area contributed by atoms with E-state index in [1.54, 1.807) is 48.7 Å². The second-order valence-corrected chi connectivity index (χ2v) is 8.49. The van der Waals surface area contributed by atoms with Gasteiger partial charge in [-0.15, -0.1) is 0 Å². The summed E-state index contributed by atoms with van der Waals surface area (Å²) in [5.41, 5.74) is 7.16. The molecule has 156 valence electrons. The first-order chi connectivity index (χ1) is 14.0. The van der Waals surface area contributed by atoms with Gasteiger partial charge in [-0.2, -0.15) is 5.10 Å². The highest BCUT2D eigenvalue weighted by molar-refractivity contribution is 6.37. The van der Waals surface area contributed by atoms with Crippen molar-refractivity contribution in [3.63, 3.8) is 0 Å². The van der Waals surface area contributed by atoms with Crippen LogP contribution in [0.25, 0.3) is 5.69 Å². The van der Waals surface area contributed by atoms with E-state index < -0.39 is 5.91 Å². The number of nitrogens with zero attached hydrogens (tertiary/aromatic N) is 2. The molecule has 4 N–H and O–H groups in total. The number of halogens is 2. The topological polar surface area (TPSA) is 102 Å². The molecular formula is C21H21Cl2N5O2. The van der Waals surface area contributed by atoms with Crippen molar-refractivity contribution in [2.24, 2.45) is 5.73 Å². The second kappa shape index (κ2) is 8.38. The number of aromatic nitrogens is 2. The summed E-state index contributed by atoms with van der Waals surface area (Å²) in [7, 11) is 0. The zero-order valence-corrected chi connectivity index (χ0v) is 18.2. The van der Waals surface area contributed by atoms with E-state index in [-0.39, 0.29) is 17.1 Å². The minimum atomic E-state index is -0.708. The maximum Gasteiger partial charge on any atom is 0.271 e. The highest BCUT2D eigenvalue weighted by Gasteiger charge is 2.19. The minimum absolute atomic E-state index is 0.0283. The van der Waals surface area contributed by atoms with E-state index in [1.807, 2.05) is 20.8 Å². The average molecular weight is 446 g/mol. The fourth-order valence-electron chi connectivity index (χ4n) is 2.74. The van der Waals surface area contributed by atoms with Gasteiger partial charge in [0.15, 0.2) is 5.69 Å². The predicted molar refractivity (Wildman–Crippen MR) is 119 cm³/mol. The molecule has 0 fully saturated rings. The molecule has 1 heterocycles. The molecule has 0 unspecified atom stereocenters. The number of carbonyl (C=O) groups excluding carboxylic acids is 2. The number of nitrogens with two attached hydrogens (primary N) is 1. The van der Waals surface area contributed by atoms with Crippen molar-refractivity contribution in [1.29, 1.82) is 0 Å². The lowest BCUT2D eigenvalue weighted by Gasteiger charge is -2.20. The molecule has 1 aromatic heterocycles. The Hall–Kier alpha value is -3.03. The van der Waals surface area contributed by atoms with Crippen molar-refractivity contribution in [3.8, 4) is 5.69 Å². The standard InChI is InChI=1S/C21H21Cl2N5O2/c1-21(2,3)26-20(30)12-7-9-13(10-8-12)25-16-11-28(27-17(16)19(24)29)18-14(22)5-4-6-15(18)23/h4-11,25H,1-3H3,(H2,24,29)(H,26,30). The van der Waals surface area contributed by atoms with Gasteiger partial charge in [0.05, 0.1) is 21.9 Å². The maximum atomic E-state index is 12.3. The smallest absolute Gasteiger partial charge is 0.271 e. The SMILES string of the molecule is CC(C)(C)NC(=O)c1ccc(Nc2cn(-c3c(Cl)cccc3Cl)nc2C(N)=O)cc1. The maximum absolute atomic E-state index is 12.3. The third kappa shape index (κ3) is 4.93. The van der Waals surface area contributed by atoms with Crippen LogP contribution in [0.3, 0.4) is 0 Å². The summed E-state index contributed by atoms with van der Waals surface area (Å²) in [5, 5.41) is 11.0. The number of rotatable bonds is 5. The number of amides is 2. The summed E-state index contributed by atoms with van der Waals surface area (Å²) in [6.45, 7) is 5.74. The van der Waals surface area contributed by atoms with Crippen LogP contribution >= 0.6 is 23.2 Å². The van der Waals surface area contributed by atoms with Gasteiger partial charge in [-0.05, 0) is 57.2 Å². The van der Waals surface area contributed by atoms with Crippen LogP contribution in [0.15, 0.2) is 48.7 Å². The first-order valence-electron chi connectivity index (χ1n) is 9.08. The summed E-state index contributed by atoms with van der Waals surface area (Å²) in [6, 6.07) is 11.9. The molecule has 0 aliphatic carbocycles. The Balaban J connectivity index is 1.89. The summed E-state index contributed by atoms with van der Waals surface area (Å²) >= 11 is 12.5. The molecule has 0 radical (unpaired) electrons. The third-order valence-corrected chi connectivity index (χ3v) is 4.64. The first-order valence-corrected chi connectivity index (χ1v) is 9.84. The second-order valence-electron chi connectivity index (χ2n) is 7.68. The van der Waals surface area contributed by atoms with Crippen LogP contribution in [-0.4, -0.2) is 27.1 Å². The monoisotopic (exact) mass is 445 g/mol. The van der Waals surface area contributed by atoms with E-state index in [4.69, 9.17) is 28.9 Å². The van der Waals surface area contributed by atoms with Crippen LogP contribution < -0.4 is 16.4 Å². The molecule has 0 saturated carbocycles. The van der Waals surface area contributed by atoms with Crippen LogP contribution in [0.1, 0.15) is 41.6 Å². The van der Waals surface area contributed by atoms with E-state index in [1.165, 1.54) is 4.68 Å². The van der Waals surface area contributed by atoms with E-state index >= 15 is 0 Å². The number of hydrogen-bond acceptors (Lipinski definition) is 4. The van der Waals surface area contributed by atoms with Crippen LogP contribution in [0.2, 0.25) is 10.0 Å². The van der Waals surface area contributed by atoms with Gasteiger partial charge in [0.1, 0.15) is 5.69 Å². The Morgan fingerprint density at radius 2 is 1.63 bits per heavy atom. The van der Waals surface area contributed by atoms with E-state index in [2.05, 4.69) is 15.7 Å². The van der Waals surface area contributed by atoms with Crippen molar-refractivity contribution in [1.82, 2.24) is 15.1 Å². The van der Waals surface area contributed by atoms with E-state index in [0.29, 0.717) is 32.7 Å². The van der Waals surface area contributed by atoms with Crippen LogP contribution in [0.5, 0.6) is 0 Å². The van der Waals surface area contributed by atoms with Gasteiger partial charge in [-0.25, -0.2) is 4.68 Å². The quantitative estimate of drug-likeness (QED) is 0.535. The van der Waals surface area contributed by atoms with E-state index in [9.17, 15) is 9.59 Å². The van der Waals surface area contributed by atoms with Gasteiger partial charge in [-0.3, -0.25) is 9.59 Å². The van der Waals surface area contributed by atoms with Gasteiger partial charge >= 0.3 is 0 Å². The van der Waals surface area contributed by atoms with Gasteiger partial charge in [0.25, 0.3) is 11.8 Å². The number of carbonyl (C=O) groups is 2. The van der Waals surface area contributed by atoms with Crippen molar-refractivity contribution >= 4 is 46.4 Å². The minimum Gasteiger partial charge on any atom is -0.364 e. The lowest BCUT2D eigenvalue weighted by Crippen LogP contribution is -2.40. The molecule has 9 heteroatoms. The molecule has 0 saturated heterocycles. The molecule has 3 aromatic rings. The van der Waals surface area contributed by atoms with Crippen LogP contribution in [-0.2, 0) is 0 Å². The molecule has 2 amide bonds. The molecule has 3 rings (SSSR count). The number of primary amides is 1. The highest BCUT2D eigenvalue weighted by Crippen LogP contribution is 2.30. The largest absolute Gasteiger partial charge is 0.364 e. The van der Waals surface area contributed by atoms with Gasteiger partial charge < -0.3 is 16.4 Å². The molecule has 0 aliphatic heterocycles. The van der Waals surface area contributed by atoms with Crippen molar-refractivity contribution in [2.75, 3.05) is 5.32 Å². The number of nitrogens with one attached hydrogen (secondary N) is 2. The number of para-hydroxylation sites is 1. The normalized spacial score (nSPS) is 11.2. The first kappa shape index (κ1) is 21.7. The van der Waals surface area contributed by atoms with Gasteiger partial charge in [-0.1, -0.05) is 29.3 Å². The fraction of sp³-hybridized carbons (Fsp3) is 0.190. The lowest BCUT2D eigenvalue weighted by atomic mass is 10.1. The third-order valence-electron chi connectivity index (χ3n) is 4.03. The Morgan fingerprint density at radius 3 is 2.17 bits per heavy atom. The van der Waals surface area contributed by atoms with Crippen molar-refractivity contribution in [2.45, 2.75) is 26.3 Å². The predicted octanol–water partition coefficient (Wildman–Crippen LogP) is 4.55. The molecule has 0 atom stereocenters. The van der Waals surface area contributed by atoms with E-state index in [0.717, 1.165) is 0 Å². The Morgan fingerprint density at radius 1 is 1.03 bits per heavy atom. The Bertz CT molecular complexity index is 1080. The lowest BCUT2D eigenvalue weighted by molar-refractivity contribution is 0.0918. The molecule has 2 aromatic carbocycles. The van der Waals surface area contributed by atoms with Crippen molar-refractivity contribution in [3.05, 3.63) is 70.0 Å². The molecule has 0 spiro atoms. The summed E-state index contributed by atoms with van der Waals surface area (Å²) in [6.07, 6.45) is 1.58. The van der Waals surface area contributed by atoms with Crippen molar-refractivity contribution < 1.29 is 9.59 Å². The number of anilines is 2. The van der Waals surface area contributed by atoms with Gasteiger partial charge in [0.2, 0.25) is 0 Å². The number of hydrogen-bond donors (Lipinski definition) is 3. The Kier molecular flexibility index (Phi) is 6.05. The average Bonchev–Trinajstić information content (AvgIpc) is 3.04. The highest BCUT2D eigenvalue weighted by atomic mass is 35.5. The van der Waals surface area contributed by atoms with Crippen LogP contribution in [0, 0.1) is 0 Å².